The first kappa shape index (κ1) is 15.7. The van der Waals surface area contributed by atoms with Crippen molar-refractivity contribution in [3.63, 3.8) is 0 Å². The number of rotatable bonds is 1. The van der Waals surface area contributed by atoms with Crippen molar-refractivity contribution in [1.29, 1.82) is 0 Å². The molecular weight excluding hydrogens is 364 g/mol. The highest BCUT2D eigenvalue weighted by Crippen LogP contribution is 2.49. The molecule has 1 nitrogen and oxygen atoms in total. The van der Waals surface area contributed by atoms with E-state index in [1.54, 1.807) is 0 Å². The van der Waals surface area contributed by atoms with Gasteiger partial charge in [-0.3, -0.25) is 0 Å². The summed E-state index contributed by atoms with van der Waals surface area (Å²) in [5, 5.41) is 5.54. The first-order valence-corrected chi connectivity index (χ1v) is 9.68. The van der Waals surface area contributed by atoms with Crippen LogP contribution >= 0.6 is 11.6 Å². The van der Waals surface area contributed by atoms with Gasteiger partial charge in [0.25, 0.3) is 0 Å². The Balaban J connectivity index is 1.64. The third kappa shape index (κ3) is 2.27. The fourth-order valence-electron chi connectivity index (χ4n) is 4.21. The number of hydrogen-bond donors (Lipinski definition) is 0. The minimum atomic E-state index is 0.683. The molecule has 0 aromatic heterocycles. The number of benzene rings is 5. The largest absolute Gasteiger partial charge is 0.456 e. The Morgan fingerprint density at radius 1 is 0.571 bits per heavy atom. The molecule has 0 fully saturated rings. The maximum atomic E-state index is 6.21. The van der Waals surface area contributed by atoms with Crippen LogP contribution in [-0.2, 0) is 0 Å². The summed E-state index contributed by atoms with van der Waals surface area (Å²) in [5.74, 6) is 1.69. The van der Waals surface area contributed by atoms with Gasteiger partial charge in [0, 0.05) is 22.0 Å². The molecule has 0 saturated carbocycles. The Bertz CT molecular complexity index is 1400. The van der Waals surface area contributed by atoms with Crippen LogP contribution in [0.5, 0.6) is 11.5 Å². The monoisotopic (exact) mass is 378 g/mol. The molecule has 5 aromatic carbocycles. The molecule has 1 aliphatic rings. The molecule has 0 unspecified atom stereocenters. The van der Waals surface area contributed by atoms with Crippen LogP contribution in [0.15, 0.2) is 91.0 Å². The summed E-state index contributed by atoms with van der Waals surface area (Å²) in [6.45, 7) is 0. The van der Waals surface area contributed by atoms with E-state index in [1.807, 2.05) is 24.3 Å². The molecule has 2 heteroatoms. The van der Waals surface area contributed by atoms with Gasteiger partial charge in [0.05, 0.1) is 0 Å². The van der Waals surface area contributed by atoms with E-state index in [2.05, 4.69) is 66.7 Å². The smallest absolute Gasteiger partial charge is 0.136 e. The third-order valence-electron chi connectivity index (χ3n) is 5.52. The van der Waals surface area contributed by atoms with Crippen LogP contribution in [0, 0.1) is 0 Å². The second kappa shape index (κ2) is 5.85. The second-order valence-corrected chi connectivity index (χ2v) is 7.58. The Labute approximate surface area is 167 Å². The molecule has 1 aliphatic heterocycles. The summed E-state index contributed by atoms with van der Waals surface area (Å²) >= 11 is 6.18. The summed E-state index contributed by atoms with van der Waals surface area (Å²) in [7, 11) is 0. The van der Waals surface area contributed by atoms with Crippen LogP contribution in [0.2, 0.25) is 5.02 Å². The maximum Gasteiger partial charge on any atom is 0.136 e. The lowest BCUT2D eigenvalue weighted by Gasteiger charge is -2.22. The van der Waals surface area contributed by atoms with E-state index < -0.39 is 0 Å². The maximum absolute atomic E-state index is 6.21. The van der Waals surface area contributed by atoms with Crippen molar-refractivity contribution in [3.8, 4) is 33.8 Å². The van der Waals surface area contributed by atoms with Crippen molar-refractivity contribution in [2.24, 2.45) is 0 Å². The number of fused-ring (bicyclic) bond motifs is 3. The fraction of sp³-hybridized carbons (Fsp3) is 0. The zero-order valence-corrected chi connectivity index (χ0v) is 15.7. The van der Waals surface area contributed by atoms with Gasteiger partial charge in [-0.2, -0.15) is 0 Å². The molecule has 0 saturated heterocycles. The molecule has 0 radical (unpaired) electrons. The molecule has 5 aromatic rings. The standard InChI is InChI=1S/C26H15ClO/c27-19-10-11-21-23-13-12-20(18-9-8-16-4-1-2-5-17(16)14-18)22-6-3-7-24(26(22)23)28-25(21)15-19/h1-15H. The van der Waals surface area contributed by atoms with Crippen molar-refractivity contribution in [2.75, 3.05) is 0 Å². The number of halogens is 1. The average molecular weight is 379 g/mol. The minimum Gasteiger partial charge on any atom is -0.456 e. The van der Waals surface area contributed by atoms with Crippen molar-refractivity contribution >= 4 is 33.1 Å². The summed E-state index contributed by atoms with van der Waals surface area (Å²) in [4.78, 5) is 0. The zero-order valence-electron chi connectivity index (χ0n) is 14.9. The van der Waals surface area contributed by atoms with Gasteiger partial charge in [0.15, 0.2) is 0 Å². The fourth-order valence-corrected chi connectivity index (χ4v) is 4.37. The summed E-state index contributed by atoms with van der Waals surface area (Å²) in [5.41, 5.74) is 4.70. The highest BCUT2D eigenvalue weighted by Gasteiger charge is 2.21. The first-order valence-electron chi connectivity index (χ1n) is 9.31. The van der Waals surface area contributed by atoms with Crippen molar-refractivity contribution < 1.29 is 4.74 Å². The normalized spacial score (nSPS) is 12.0. The van der Waals surface area contributed by atoms with Crippen LogP contribution in [0.4, 0.5) is 0 Å². The van der Waals surface area contributed by atoms with Gasteiger partial charge >= 0.3 is 0 Å². The summed E-state index contributed by atoms with van der Waals surface area (Å²) < 4.78 is 6.21. The second-order valence-electron chi connectivity index (χ2n) is 7.14. The van der Waals surface area contributed by atoms with Crippen LogP contribution in [0.1, 0.15) is 0 Å². The molecule has 28 heavy (non-hydrogen) atoms. The number of ether oxygens (including phenoxy) is 1. The molecule has 0 aliphatic carbocycles. The van der Waals surface area contributed by atoms with Gasteiger partial charge in [0.1, 0.15) is 11.5 Å². The van der Waals surface area contributed by atoms with E-state index >= 15 is 0 Å². The lowest BCUT2D eigenvalue weighted by molar-refractivity contribution is 0.487. The first-order chi connectivity index (χ1) is 13.8. The van der Waals surface area contributed by atoms with Crippen LogP contribution < -0.4 is 4.74 Å². The Morgan fingerprint density at radius 2 is 1.39 bits per heavy atom. The molecule has 0 bridgehead atoms. The van der Waals surface area contributed by atoms with Crippen molar-refractivity contribution in [1.82, 2.24) is 0 Å². The topological polar surface area (TPSA) is 9.23 Å². The lowest BCUT2D eigenvalue weighted by Crippen LogP contribution is -1.97. The molecule has 0 spiro atoms. The highest BCUT2D eigenvalue weighted by molar-refractivity contribution is 6.31. The Kier molecular flexibility index (Phi) is 3.29. The number of hydrogen-bond acceptors (Lipinski definition) is 1. The van der Waals surface area contributed by atoms with Gasteiger partial charge in [0.2, 0.25) is 0 Å². The van der Waals surface area contributed by atoms with E-state index in [0.717, 1.165) is 22.4 Å². The summed E-state index contributed by atoms with van der Waals surface area (Å²) in [6, 6.07) is 31.6. The average Bonchev–Trinajstić information content (AvgIpc) is 2.73. The van der Waals surface area contributed by atoms with Gasteiger partial charge in [-0.1, -0.05) is 72.3 Å². The van der Waals surface area contributed by atoms with Crippen molar-refractivity contribution in [2.45, 2.75) is 0 Å². The van der Waals surface area contributed by atoms with Gasteiger partial charge < -0.3 is 4.74 Å². The van der Waals surface area contributed by atoms with Gasteiger partial charge in [-0.25, -0.2) is 0 Å². The predicted octanol–water partition coefficient (Wildman–Crippen LogP) is 8.09. The van der Waals surface area contributed by atoms with E-state index in [9.17, 15) is 0 Å². The van der Waals surface area contributed by atoms with Crippen LogP contribution in [0.25, 0.3) is 43.8 Å². The van der Waals surface area contributed by atoms with Crippen LogP contribution in [-0.4, -0.2) is 0 Å². The van der Waals surface area contributed by atoms with Gasteiger partial charge in [-0.05, 0) is 57.1 Å². The van der Waals surface area contributed by atoms with Gasteiger partial charge in [-0.15, -0.1) is 0 Å². The third-order valence-corrected chi connectivity index (χ3v) is 5.75. The predicted molar refractivity (Wildman–Crippen MR) is 117 cm³/mol. The zero-order chi connectivity index (χ0) is 18.7. The molecule has 0 amide bonds. The van der Waals surface area contributed by atoms with E-state index in [0.29, 0.717) is 5.02 Å². The molecule has 6 rings (SSSR count). The van der Waals surface area contributed by atoms with E-state index in [-0.39, 0.29) is 0 Å². The highest BCUT2D eigenvalue weighted by atomic mass is 35.5. The molecule has 0 N–H and O–H groups in total. The van der Waals surface area contributed by atoms with Crippen molar-refractivity contribution in [3.05, 3.63) is 96.0 Å². The van der Waals surface area contributed by atoms with E-state index in [4.69, 9.17) is 16.3 Å². The molecule has 1 heterocycles. The molecule has 0 atom stereocenters. The van der Waals surface area contributed by atoms with Crippen LogP contribution in [0.3, 0.4) is 0 Å². The quantitative estimate of drug-likeness (QED) is 0.281. The SMILES string of the molecule is Clc1ccc2c(c1)Oc1cccc3c(-c4ccc5ccccc5c4)ccc-2c13. The molecule has 132 valence electrons. The Morgan fingerprint density at radius 3 is 2.32 bits per heavy atom. The molecular formula is C26H15ClO. The minimum absolute atomic E-state index is 0.683. The summed E-state index contributed by atoms with van der Waals surface area (Å²) in [6.07, 6.45) is 0. The van der Waals surface area contributed by atoms with E-state index in [1.165, 1.54) is 32.8 Å². The lowest BCUT2D eigenvalue weighted by atomic mass is 9.89. The Hall–Kier alpha value is -3.29.